The molecule has 1 amide bonds. The first-order valence-electron chi connectivity index (χ1n) is 9.67. The number of nitrogens with zero attached hydrogens (tertiary/aromatic N) is 2. The molecule has 1 heterocycles. The van der Waals surface area contributed by atoms with Crippen molar-refractivity contribution < 1.29 is 9.53 Å². The lowest BCUT2D eigenvalue weighted by Gasteiger charge is -2.18. The Morgan fingerprint density at radius 3 is 2.75 bits per heavy atom. The number of nitrogens with one attached hydrogen (secondary N) is 2. The van der Waals surface area contributed by atoms with E-state index in [1.165, 1.54) is 5.56 Å². The van der Waals surface area contributed by atoms with Crippen LogP contribution in [0.15, 0.2) is 53.5 Å². The minimum absolute atomic E-state index is 0.184. The van der Waals surface area contributed by atoms with Crippen molar-refractivity contribution >= 4 is 17.6 Å². The fourth-order valence-electron chi connectivity index (χ4n) is 3.43. The molecule has 28 heavy (non-hydrogen) atoms. The SMILES string of the molecule is CN=C(NCCCC(=O)N1CCc2ccccc21)NCc1ccccc1OC. The maximum atomic E-state index is 12.5. The van der Waals surface area contributed by atoms with Gasteiger partial charge in [0.1, 0.15) is 5.75 Å². The van der Waals surface area contributed by atoms with Crippen molar-refractivity contribution in [3.8, 4) is 5.75 Å². The second-order valence-electron chi connectivity index (χ2n) is 6.69. The summed E-state index contributed by atoms with van der Waals surface area (Å²) in [5.74, 6) is 1.75. The molecule has 6 nitrogen and oxygen atoms in total. The summed E-state index contributed by atoms with van der Waals surface area (Å²) in [6.45, 7) is 2.09. The van der Waals surface area contributed by atoms with E-state index >= 15 is 0 Å². The Morgan fingerprint density at radius 2 is 1.93 bits per heavy atom. The summed E-state index contributed by atoms with van der Waals surface area (Å²) in [7, 11) is 3.41. The van der Waals surface area contributed by atoms with Crippen LogP contribution in [0.2, 0.25) is 0 Å². The van der Waals surface area contributed by atoms with Gasteiger partial charge < -0.3 is 20.3 Å². The van der Waals surface area contributed by atoms with Gasteiger partial charge in [0.2, 0.25) is 5.91 Å². The predicted molar refractivity (Wildman–Crippen MR) is 113 cm³/mol. The van der Waals surface area contributed by atoms with Crippen LogP contribution in [0, 0.1) is 0 Å². The minimum Gasteiger partial charge on any atom is -0.496 e. The van der Waals surface area contributed by atoms with Crippen LogP contribution in [-0.4, -0.2) is 39.1 Å². The Balaban J connectivity index is 1.41. The highest BCUT2D eigenvalue weighted by molar-refractivity contribution is 5.95. The second kappa shape index (κ2) is 9.78. The van der Waals surface area contributed by atoms with Gasteiger partial charge in [-0.2, -0.15) is 0 Å². The average molecular weight is 380 g/mol. The molecule has 148 valence electrons. The van der Waals surface area contributed by atoms with Gasteiger partial charge in [0, 0.05) is 44.4 Å². The third kappa shape index (κ3) is 4.82. The number of carbonyl (C=O) groups excluding carboxylic acids is 1. The van der Waals surface area contributed by atoms with Crippen LogP contribution in [0.25, 0.3) is 0 Å². The number of rotatable bonds is 7. The van der Waals surface area contributed by atoms with Gasteiger partial charge in [0.25, 0.3) is 0 Å². The van der Waals surface area contributed by atoms with Crippen molar-refractivity contribution in [2.75, 3.05) is 32.1 Å². The van der Waals surface area contributed by atoms with Gasteiger partial charge in [0.15, 0.2) is 5.96 Å². The summed E-state index contributed by atoms with van der Waals surface area (Å²) in [4.78, 5) is 18.7. The zero-order chi connectivity index (χ0) is 19.8. The standard InChI is InChI=1S/C22H28N4O2/c1-23-22(25-16-18-9-4-6-11-20(18)28-2)24-14-7-12-21(27)26-15-13-17-8-3-5-10-19(17)26/h3-6,8-11H,7,12-16H2,1-2H3,(H2,23,24,25). The molecule has 0 spiro atoms. The first kappa shape index (κ1) is 19.7. The summed E-state index contributed by atoms with van der Waals surface area (Å²) in [5, 5.41) is 6.55. The molecule has 2 aromatic rings. The third-order valence-electron chi connectivity index (χ3n) is 4.91. The maximum Gasteiger partial charge on any atom is 0.227 e. The number of hydrogen-bond acceptors (Lipinski definition) is 3. The Labute approximate surface area is 166 Å². The lowest BCUT2D eigenvalue weighted by molar-refractivity contribution is -0.118. The number of anilines is 1. The number of benzene rings is 2. The summed E-state index contributed by atoms with van der Waals surface area (Å²) in [5.41, 5.74) is 3.39. The van der Waals surface area contributed by atoms with Gasteiger partial charge >= 0.3 is 0 Å². The fraction of sp³-hybridized carbons (Fsp3) is 0.364. The van der Waals surface area contributed by atoms with E-state index in [2.05, 4.69) is 21.7 Å². The lowest BCUT2D eigenvalue weighted by Crippen LogP contribution is -2.38. The molecule has 2 aromatic carbocycles. The van der Waals surface area contributed by atoms with Crippen LogP contribution in [0.5, 0.6) is 5.75 Å². The first-order valence-corrected chi connectivity index (χ1v) is 9.67. The average Bonchev–Trinajstić information content (AvgIpc) is 3.17. The predicted octanol–water partition coefficient (Wildman–Crippen LogP) is 2.73. The highest BCUT2D eigenvalue weighted by atomic mass is 16.5. The van der Waals surface area contributed by atoms with Crippen molar-refractivity contribution in [2.45, 2.75) is 25.8 Å². The normalized spacial score (nSPS) is 13.2. The van der Waals surface area contributed by atoms with E-state index < -0.39 is 0 Å². The maximum absolute atomic E-state index is 12.5. The van der Waals surface area contributed by atoms with Gasteiger partial charge in [-0.1, -0.05) is 36.4 Å². The Kier molecular flexibility index (Phi) is 6.89. The molecule has 1 aliphatic rings. The number of guanidine groups is 1. The van der Waals surface area contributed by atoms with Gasteiger partial charge in [-0.05, 0) is 30.5 Å². The highest BCUT2D eigenvalue weighted by Gasteiger charge is 2.23. The Morgan fingerprint density at radius 1 is 1.14 bits per heavy atom. The first-order chi connectivity index (χ1) is 13.7. The zero-order valence-electron chi connectivity index (χ0n) is 16.6. The number of methoxy groups -OCH3 is 1. The number of fused-ring (bicyclic) bond motifs is 1. The van der Waals surface area contributed by atoms with Gasteiger partial charge in [-0.15, -0.1) is 0 Å². The Hall–Kier alpha value is -3.02. The van der Waals surface area contributed by atoms with Crippen LogP contribution < -0.4 is 20.3 Å². The van der Waals surface area contributed by atoms with Gasteiger partial charge in [0.05, 0.1) is 7.11 Å². The fourth-order valence-corrected chi connectivity index (χ4v) is 3.43. The lowest BCUT2D eigenvalue weighted by atomic mass is 10.2. The van der Waals surface area contributed by atoms with Crippen LogP contribution in [0.1, 0.15) is 24.0 Å². The van der Waals surface area contributed by atoms with Crippen molar-refractivity contribution in [2.24, 2.45) is 4.99 Å². The Bertz CT molecular complexity index is 835. The molecule has 0 fully saturated rings. The van der Waals surface area contributed by atoms with Crippen LogP contribution in [-0.2, 0) is 17.8 Å². The van der Waals surface area contributed by atoms with E-state index in [-0.39, 0.29) is 5.91 Å². The number of amides is 1. The van der Waals surface area contributed by atoms with Crippen LogP contribution in [0.3, 0.4) is 0 Å². The van der Waals surface area contributed by atoms with Gasteiger partial charge in [-0.3, -0.25) is 9.79 Å². The van der Waals surface area contributed by atoms with Gasteiger partial charge in [-0.25, -0.2) is 0 Å². The molecular formula is C22H28N4O2. The zero-order valence-corrected chi connectivity index (χ0v) is 16.6. The molecule has 0 saturated heterocycles. The molecule has 6 heteroatoms. The van der Waals surface area contributed by atoms with E-state index in [0.717, 1.165) is 36.4 Å². The molecule has 0 saturated carbocycles. The van der Waals surface area contributed by atoms with Crippen LogP contribution >= 0.6 is 0 Å². The second-order valence-corrected chi connectivity index (χ2v) is 6.69. The third-order valence-corrected chi connectivity index (χ3v) is 4.91. The minimum atomic E-state index is 0.184. The van der Waals surface area contributed by atoms with E-state index in [4.69, 9.17) is 4.74 Å². The van der Waals surface area contributed by atoms with E-state index in [1.54, 1.807) is 14.2 Å². The smallest absolute Gasteiger partial charge is 0.227 e. The van der Waals surface area contributed by atoms with Crippen molar-refractivity contribution in [3.05, 3.63) is 59.7 Å². The summed E-state index contributed by atoms with van der Waals surface area (Å²) < 4.78 is 5.37. The molecule has 0 unspecified atom stereocenters. The van der Waals surface area contributed by atoms with Crippen molar-refractivity contribution in [3.63, 3.8) is 0 Å². The highest BCUT2D eigenvalue weighted by Crippen LogP contribution is 2.27. The van der Waals surface area contributed by atoms with Crippen LogP contribution in [0.4, 0.5) is 5.69 Å². The molecule has 0 aromatic heterocycles. The molecular weight excluding hydrogens is 352 g/mol. The number of carbonyl (C=O) groups is 1. The number of aliphatic imine (C=N–C) groups is 1. The van der Waals surface area contributed by atoms with Crippen molar-refractivity contribution in [1.29, 1.82) is 0 Å². The summed E-state index contributed by atoms with van der Waals surface area (Å²) >= 11 is 0. The summed E-state index contributed by atoms with van der Waals surface area (Å²) in [6.07, 6.45) is 2.22. The molecule has 0 radical (unpaired) electrons. The topological polar surface area (TPSA) is 66.0 Å². The quantitative estimate of drug-likeness (QED) is 0.440. The molecule has 0 aliphatic carbocycles. The van der Waals surface area contributed by atoms with E-state index in [0.29, 0.717) is 25.5 Å². The molecule has 3 rings (SSSR count). The number of hydrogen-bond donors (Lipinski definition) is 2. The van der Waals surface area contributed by atoms with E-state index in [1.807, 2.05) is 47.4 Å². The number of para-hydroxylation sites is 2. The number of ether oxygens (including phenoxy) is 1. The molecule has 2 N–H and O–H groups in total. The van der Waals surface area contributed by atoms with E-state index in [9.17, 15) is 4.79 Å². The largest absolute Gasteiger partial charge is 0.496 e. The molecule has 1 aliphatic heterocycles. The molecule has 0 atom stereocenters. The molecule has 0 bridgehead atoms. The summed E-state index contributed by atoms with van der Waals surface area (Å²) in [6, 6.07) is 16.0. The van der Waals surface area contributed by atoms with Crippen molar-refractivity contribution in [1.82, 2.24) is 10.6 Å². The monoisotopic (exact) mass is 380 g/mol.